The third kappa shape index (κ3) is 4.04. The first kappa shape index (κ1) is 21.1. The van der Waals surface area contributed by atoms with Crippen LogP contribution < -0.4 is 9.47 Å². The largest absolute Gasteiger partial charge is 0.497 e. The number of rotatable bonds is 5. The van der Waals surface area contributed by atoms with Gasteiger partial charge < -0.3 is 9.47 Å². The second-order valence-electron chi connectivity index (χ2n) is 7.76. The lowest BCUT2D eigenvalue weighted by Crippen LogP contribution is -2.42. The van der Waals surface area contributed by atoms with Crippen molar-refractivity contribution in [2.24, 2.45) is 0 Å². The third-order valence-electron chi connectivity index (χ3n) is 5.45. The molecule has 4 rings (SSSR count). The first-order chi connectivity index (χ1) is 14.3. The molecular formula is C22H26N2O4S2. The number of benzene rings is 2. The number of hydrogen-bond acceptors (Lipinski definition) is 6. The van der Waals surface area contributed by atoms with Gasteiger partial charge in [0.2, 0.25) is 10.0 Å². The number of sulfonamides is 1. The lowest BCUT2D eigenvalue weighted by molar-refractivity contribution is 0.135. The van der Waals surface area contributed by atoms with Crippen LogP contribution >= 0.6 is 11.3 Å². The van der Waals surface area contributed by atoms with Gasteiger partial charge in [0.1, 0.15) is 11.9 Å². The van der Waals surface area contributed by atoms with Crippen molar-refractivity contribution in [2.45, 2.75) is 44.6 Å². The van der Waals surface area contributed by atoms with Crippen molar-refractivity contribution in [1.29, 1.82) is 0 Å². The Kier molecular flexibility index (Phi) is 5.74. The topological polar surface area (TPSA) is 68.7 Å². The van der Waals surface area contributed by atoms with Gasteiger partial charge in [-0.2, -0.15) is 4.31 Å². The molecule has 0 unspecified atom stereocenters. The van der Waals surface area contributed by atoms with E-state index in [-0.39, 0.29) is 6.10 Å². The standard InChI is InChI=1S/C22H26N2O4S2/c1-14-11-15(2)21(16(3)12-14)30(25,26)24-9-7-17(8-10-24)28-22-23-19-13-18(27-4)5-6-20(19)29-22/h5-6,11-13,17H,7-10H2,1-4H3. The zero-order valence-corrected chi connectivity index (χ0v) is 19.3. The summed E-state index contributed by atoms with van der Waals surface area (Å²) in [6.07, 6.45) is 1.24. The van der Waals surface area contributed by atoms with Gasteiger partial charge in [-0.1, -0.05) is 29.0 Å². The molecule has 30 heavy (non-hydrogen) atoms. The Balaban J connectivity index is 1.45. The number of ether oxygens (including phenoxy) is 2. The van der Waals surface area contributed by atoms with E-state index in [2.05, 4.69) is 4.98 Å². The highest BCUT2D eigenvalue weighted by Gasteiger charge is 2.32. The van der Waals surface area contributed by atoms with Crippen LogP contribution in [0.2, 0.25) is 0 Å². The van der Waals surface area contributed by atoms with Crippen LogP contribution in [-0.4, -0.2) is 44.0 Å². The van der Waals surface area contributed by atoms with Crippen molar-refractivity contribution in [3.8, 4) is 10.9 Å². The van der Waals surface area contributed by atoms with Crippen LogP contribution in [0.1, 0.15) is 29.5 Å². The number of fused-ring (bicyclic) bond motifs is 1. The summed E-state index contributed by atoms with van der Waals surface area (Å²) < 4.78 is 40.4. The van der Waals surface area contributed by atoms with E-state index in [0.29, 0.717) is 36.0 Å². The smallest absolute Gasteiger partial charge is 0.274 e. The Bertz CT molecular complexity index is 1160. The maximum Gasteiger partial charge on any atom is 0.274 e. The number of methoxy groups -OCH3 is 1. The van der Waals surface area contributed by atoms with Crippen molar-refractivity contribution in [2.75, 3.05) is 20.2 Å². The van der Waals surface area contributed by atoms with Gasteiger partial charge in [-0.3, -0.25) is 0 Å². The van der Waals surface area contributed by atoms with E-state index in [1.807, 2.05) is 51.1 Å². The number of nitrogens with zero attached hydrogens (tertiary/aromatic N) is 2. The average molecular weight is 447 g/mol. The van der Waals surface area contributed by atoms with Crippen molar-refractivity contribution in [3.05, 3.63) is 47.0 Å². The highest BCUT2D eigenvalue weighted by molar-refractivity contribution is 7.89. The maximum atomic E-state index is 13.2. The van der Waals surface area contributed by atoms with Gasteiger partial charge in [-0.25, -0.2) is 13.4 Å². The Morgan fingerprint density at radius 2 is 1.73 bits per heavy atom. The van der Waals surface area contributed by atoms with Crippen LogP contribution in [0.3, 0.4) is 0 Å². The molecule has 0 saturated carbocycles. The van der Waals surface area contributed by atoms with Crippen LogP contribution in [0.15, 0.2) is 35.2 Å². The minimum atomic E-state index is -3.51. The monoisotopic (exact) mass is 446 g/mol. The second kappa shape index (κ2) is 8.17. The Labute approximate surface area is 181 Å². The summed E-state index contributed by atoms with van der Waals surface area (Å²) in [6, 6.07) is 9.62. The molecule has 0 amide bonds. The van der Waals surface area contributed by atoms with Gasteiger partial charge in [0.05, 0.1) is 22.2 Å². The molecule has 6 nitrogen and oxygen atoms in total. The summed E-state index contributed by atoms with van der Waals surface area (Å²) >= 11 is 1.50. The molecule has 1 aromatic heterocycles. The molecule has 0 N–H and O–H groups in total. The van der Waals surface area contributed by atoms with E-state index in [1.165, 1.54) is 11.3 Å². The average Bonchev–Trinajstić information content (AvgIpc) is 3.08. The highest BCUT2D eigenvalue weighted by Crippen LogP contribution is 2.33. The Hall–Kier alpha value is -2.16. The van der Waals surface area contributed by atoms with E-state index in [0.717, 1.165) is 32.7 Å². The number of thiazole rings is 1. The molecule has 0 atom stereocenters. The van der Waals surface area contributed by atoms with Crippen molar-refractivity contribution < 1.29 is 17.9 Å². The first-order valence-corrected chi connectivity index (χ1v) is 12.2. The second-order valence-corrected chi connectivity index (χ2v) is 10.6. The summed E-state index contributed by atoms with van der Waals surface area (Å²) in [5.41, 5.74) is 3.52. The SMILES string of the molecule is COc1ccc2sc(OC3CCN(S(=O)(=O)c4c(C)cc(C)cc4C)CC3)nc2c1. The predicted octanol–water partition coefficient (Wildman–Crippen LogP) is 4.46. The van der Waals surface area contributed by atoms with Crippen molar-refractivity contribution in [3.63, 3.8) is 0 Å². The minimum absolute atomic E-state index is 0.0425. The number of hydrogen-bond donors (Lipinski definition) is 0. The van der Waals surface area contributed by atoms with E-state index in [4.69, 9.17) is 9.47 Å². The molecule has 1 aliphatic rings. The quantitative estimate of drug-likeness (QED) is 0.579. The molecule has 160 valence electrons. The van der Waals surface area contributed by atoms with Gasteiger partial charge in [0.25, 0.3) is 5.19 Å². The van der Waals surface area contributed by atoms with Crippen molar-refractivity contribution in [1.82, 2.24) is 9.29 Å². The van der Waals surface area contributed by atoms with Crippen LogP contribution in [0, 0.1) is 20.8 Å². The highest BCUT2D eigenvalue weighted by atomic mass is 32.2. The van der Waals surface area contributed by atoms with Gasteiger partial charge >= 0.3 is 0 Å². The van der Waals surface area contributed by atoms with Gasteiger partial charge in [-0.15, -0.1) is 0 Å². The van der Waals surface area contributed by atoms with E-state index >= 15 is 0 Å². The Morgan fingerprint density at radius 1 is 1.07 bits per heavy atom. The summed E-state index contributed by atoms with van der Waals surface area (Å²) in [6.45, 7) is 6.60. The first-order valence-electron chi connectivity index (χ1n) is 9.97. The van der Waals surface area contributed by atoms with Gasteiger partial charge in [0, 0.05) is 19.2 Å². The zero-order chi connectivity index (χ0) is 21.5. The third-order valence-corrected chi connectivity index (χ3v) is 8.58. The van der Waals surface area contributed by atoms with E-state index < -0.39 is 10.0 Å². The lowest BCUT2D eigenvalue weighted by Gasteiger charge is -2.31. The van der Waals surface area contributed by atoms with Crippen molar-refractivity contribution >= 4 is 31.6 Å². The fourth-order valence-electron chi connectivity index (χ4n) is 4.10. The number of aromatic nitrogens is 1. The Morgan fingerprint density at radius 3 is 2.37 bits per heavy atom. The molecule has 1 fully saturated rings. The predicted molar refractivity (Wildman–Crippen MR) is 119 cm³/mol. The van der Waals surface area contributed by atoms with Gasteiger partial charge in [0.15, 0.2) is 0 Å². The van der Waals surface area contributed by atoms with Crippen LogP contribution in [0.5, 0.6) is 10.9 Å². The summed E-state index contributed by atoms with van der Waals surface area (Å²) in [7, 11) is -1.88. The van der Waals surface area contributed by atoms with Crippen LogP contribution in [0.4, 0.5) is 0 Å². The summed E-state index contributed by atoms with van der Waals surface area (Å²) in [5.74, 6) is 0.763. The summed E-state index contributed by atoms with van der Waals surface area (Å²) in [5, 5.41) is 0.616. The molecule has 2 heterocycles. The molecule has 1 aliphatic heterocycles. The maximum absolute atomic E-state index is 13.2. The normalized spacial score (nSPS) is 16.1. The molecule has 3 aromatic rings. The lowest BCUT2D eigenvalue weighted by atomic mass is 10.1. The minimum Gasteiger partial charge on any atom is -0.497 e. The molecule has 0 bridgehead atoms. The fraction of sp³-hybridized carbons (Fsp3) is 0.409. The number of piperidine rings is 1. The molecule has 0 aliphatic carbocycles. The van der Waals surface area contributed by atoms with E-state index in [1.54, 1.807) is 11.4 Å². The van der Waals surface area contributed by atoms with Crippen LogP contribution in [-0.2, 0) is 10.0 Å². The fourth-order valence-corrected chi connectivity index (χ4v) is 6.84. The number of aryl methyl sites for hydroxylation is 3. The molecule has 0 spiro atoms. The molecule has 8 heteroatoms. The molecular weight excluding hydrogens is 420 g/mol. The molecule has 2 aromatic carbocycles. The van der Waals surface area contributed by atoms with Crippen LogP contribution in [0.25, 0.3) is 10.2 Å². The molecule has 0 radical (unpaired) electrons. The van der Waals surface area contributed by atoms with E-state index in [9.17, 15) is 8.42 Å². The zero-order valence-electron chi connectivity index (χ0n) is 17.6. The molecule has 1 saturated heterocycles. The van der Waals surface area contributed by atoms with Gasteiger partial charge in [-0.05, 0) is 56.9 Å². The summed E-state index contributed by atoms with van der Waals surface area (Å²) in [4.78, 5) is 4.98.